The van der Waals surface area contributed by atoms with Gasteiger partial charge >= 0.3 is 6.09 Å². The van der Waals surface area contributed by atoms with Crippen molar-refractivity contribution in [3.05, 3.63) is 35.9 Å². The monoisotopic (exact) mass is 306 g/mol. The molecule has 122 valence electrons. The molecule has 5 nitrogen and oxygen atoms in total. The highest BCUT2D eigenvalue weighted by atomic mass is 16.6. The molecule has 2 N–H and O–H groups in total. The van der Waals surface area contributed by atoms with E-state index in [0.29, 0.717) is 13.0 Å². The van der Waals surface area contributed by atoms with Crippen molar-refractivity contribution in [1.82, 2.24) is 10.2 Å². The molecule has 0 aliphatic carbocycles. The number of alkyl carbamates (subject to hydrolysis) is 1. The second kappa shape index (κ2) is 7.61. The smallest absolute Gasteiger partial charge is 0.407 e. The number of aliphatic hydroxyl groups is 1. The van der Waals surface area contributed by atoms with Crippen molar-refractivity contribution in [2.45, 2.75) is 51.5 Å². The van der Waals surface area contributed by atoms with Gasteiger partial charge in [-0.2, -0.15) is 0 Å². The van der Waals surface area contributed by atoms with Crippen LogP contribution in [0, 0.1) is 0 Å². The predicted molar refractivity (Wildman–Crippen MR) is 85.6 cm³/mol. The zero-order valence-corrected chi connectivity index (χ0v) is 13.5. The number of β-amino-alcohol motifs (C(OH)–C–C–N with tert-alkyl or cyclic N) is 1. The number of aliphatic hydroxyl groups excluding tert-OH is 1. The van der Waals surface area contributed by atoms with Crippen molar-refractivity contribution in [3.8, 4) is 0 Å². The number of amides is 1. The lowest BCUT2D eigenvalue weighted by atomic mass is 9.98. The molecule has 2 rings (SSSR count). The van der Waals surface area contributed by atoms with Gasteiger partial charge in [0.2, 0.25) is 0 Å². The quantitative estimate of drug-likeness (QED) is 0.896. The molecule has 1 fully saturated rings. The molecule has 3 atom stereocenters. The summed E-state index contributed by atoms with van der Waals surface area (Å²) in [5.41, 5.74) is 1.24. The lowest BCUT2D eigenvalue weighted by Crippen LogP contribution is -2.54. The average molecular weight is 306 g/mol. The van der Waals surface area contributed by atoms with Gasteiger partial charge in [0.25, 0.3) is 0 Å². The minimum atomic E-state index is -0.584. The largest absolute Gasteiger partial charge is 0.447 e. The van der Waals surface area contributed by atoms with Gasteiger partial charge in [-0.1, -0.05) is 30.3 Å². The van der Waals surface area contributed by atoms with Crippen LogP contribution in [0.4, 0.5) is 4.79 Å². The number of hydrogen-bond donors (Lipinski definition) is 2. The molecule has 1 aromatic rings. The number of rotatable bonds is 4. The average Bonchev–Trinajstić information content (AvgIpc) is 2.48. The van der Waals surface area contributed by atoms with Crippen molar-refractivity contribution >= 4 is 6.09 Å². The summed E-state index contributed by atoms with van der Waals surface area (Å²) in [5.74, 6) is 0. The standard InChI is InChI=1S/C17H26N2O3/c1-12(2)22-17(21)18-15-9-10-19(11-16(15)20)13(3)14-7-5-4-6-8-14/h4-8,12-13,15-16,20H,9-11H2,1-3H3,(H,18,21)/t13?,15-,16-/m1/s1. The maximum Gasteiger partial charge on any atom is 0.407 e. The van der Waals surface area contributed by atoms with Gasteiger partial charge in [-0.25, -0.2) is 4.79 Å². The van der Waals surface area contributed by atoms with E-state index in [9.17, 15) is 9.90 Å². The predicted octanol–water partition coefficient (Wildman–Crippen LogP) is 2.32. The molecule has 1 aromatic carbocycles. The summed E-state index contributed by atoms with van der Waals surface area (Å²) in [6.07, 6.45) is -0.482. The topological polar surface area (TPSA) is 61.8 Å². The zero-order chi connectivity index (χ0) is 16.1. The summed E-state index contributed by atoms with van der Waals surface area (Å²) in [6.45, 7) is 7.13. The van der Waals surface area contributed by atoms with Crippen LogP contribution in [0.2, 0.25) is 0 Å². The van der Waals surface area contributed by atoms with Crippen molar-refractivity contribution in [2.24, 2.45) is 0 Å². The Morgan fingerprint density at radius 2 is 2.00 bits per heavy atom. The Balaban J connectivity index is 1.88. The highest BCUT2D eigenvalue weighted by molar-refractivity contribution is 5.67. The molecule has 22 heavy (non-hydrogen) atoms. The SMILES string of the molecule is CC(C)OC(=O)N[C@@H]1CCN(C(C)c2ccccc2)C[C@H]1O. The van der Waals surface area contributed by atoms with Gasteiger partial charge in [0.05, 0.1) is 18.2 Å². The molecule has 0 spiro atoms. The van der Waals surface area contributed by atoms with E-state index in [4.69, 9.17) is 4.74 Å². The highest BCUT2D eigenvalue weighted by Crippen LogP contribution is 2.24. The molecule has 5 heteroatoms. The van der Waals surface area contributed by atoms with Crippen molar-refractivity contribution < 1.29 is 14.6 Å². The molecule has 1 amide bonds. The molecule has 1 unspecified atom stereocenters. The van der Waals surface area contributed by atoms with Gasteiger partial charge in [0.1, 0.15) is 0 Å². The Bertz CT molecular complexity index is 478. The zero-order valence-electron chi connectivity index (χ0n) is 13.5. The Labute approximate surface area is 132 Å². The normalized spacial score (nSPS) is 24.0. The number of nitrogens with zero attached hydrogens (tertiary/aromatic N) is 1. The maximum absolute atomic E-state index is 11.6. The van der Waals surface area contributed by atoms with E-state index in [2.05, 4.69) is 29.3 Å². The first kappa shape index (κ1) is 16.8. The van der Waals surface area contributed by atoms with Gasteiger partial charge in [-0.15, -0.1) is 0 Å². The Kier molecular flexibility index (Phi) is 5.80. The van der Waals surface area contributed by atoms with E-state index < -0.39 is 12.2 Å². The number of likely N-dealkylation sites (tertiary alicyclic amines) is 1. The highest BCUT2D eigenvalue weighted by Gasteiger charge is 2.31. The molecule has 0 bridgehead atoms. The number of piperidine rings is 1. The van der Waals surface area contributed by atoms with E-state index in [1.807, 2.05) is 18.2 Å². The van der Waals surface area contributed by atoms with Crippen LogP contribution in [0.5, 0.6) is 0 Å². The summed E-state index contributed by atoms with van der Waals surface area (Å²) < 4.78 is 5.07. The summed E-state index contributed by atoms with van der Waals surface area (Å²) in [6, 6.07) is 10.3. The van der Waals surface area contributed by atoms with Crippen LogP contribution in [0.1, 0.15) is 38.8 Å². The fraction of sp³-hybridized carbons (Fsp3) is 0.588. The maximum atomic E-state index is 11.6. The molecule has 1 heterocycles. The van der Waals surface area contributed by atoms with Crippen LogP contribution in [0.15, 0.2) is 30.3 Å². The van der Waals surface area contributed by atoms with Gasteiger partial charge < -0.3 is 15.2 Å². The van der Waals surface area contributed by atoms with Crippen molar-refractivity contribution in [2.75, 3.05) is 13.1 Å². The number of ether oxygens (including phenoxy) is 1. The molecule has 0 aromatic heterocycles. The second-order valence-corrected chi connectivity index (χ2v) is 6.14. The van der Waals surface area contributed by atoms with Crippen LogP contribution in [-0.4, -0.2) is 47.4 Å². The third-order valence-electron chi connectivity index (χ3n) is 4.09. The Morgan fingerprint density at radius 3 is 2.59 bits per heavy atom. The third kappa shape index (κ3) is 4.45. The fourth-order valence-corrected chi connectivity index (χ4v) is 2.82. The fourth-order valence-electron chi connectivity index (χ4n) is 2.82. The van der Waals surface area contributed by atoms with Crippen molar-refractivity contribution in [1.29, 1.82) is 0 Å². The third-order valence-corrected chi connectivity index (χ3v) is 4.09. The van der Waals surface area contributed by atoms with Gasteiger partial charge in [0.15, 0.2) is 0 Å². The summed E-state index contributed by atoms with van der Waals surface area (Å²) in [7, 11) is 0. The summed E-state index contributed by atoms with van der Waals surface area (Å²) >= 11 is 0. The molecule has 1 aliphatic rings. The molecule has 1 saturated heterocycles. The van der Waals surface area contributed by atoms with Crippen LogP contribution in [-0.2, 0) is 4.74 Å². The van der Waals surface area contributed by atoms with E-state index in [0.717, 1.165) is 6.54 Å². The van der Waals surface area contributed by atoms with E-state index in [1.165, 1.54) is 5.56 Å². The molecular weight excluding hydrogens is 280 g/mol. The number of carbonyl (C=O) groups excluding carboxylic acids is 1. The second-order valence-electron chi connectivity index (χ2n) is 6.14. The number of benzene rings is 1. The summed E-state index contributed by atoms with van der Waals surface area (Å²) in [4.78, 5) is 13.9. The van der Waals surface area contributed by atoms with Crippen LogP contribution < -0.4 is 5.32 Å². The van der Waals surface area contributed by atoms with Crippen LogP contribution >= 0.6 is 0 Å². The van der Waals surface area contributed by atoms with Crippen LogP contribution in [0.25, 0.3) is 0 Å². The minimum Gasteiger partial charge on any atom is -0.447 e. The number of nitrogens with one attached hydrogen (secondary N) is 1. The molecule has 0 saturated carbocycles. The number of hydrogen-bond acceptors (Lipinski definition) is 4. The first-order valence-electron chi connectivity index (χ1n) is 7.91. The summed E-state index contributed by atoms with van der Waals surface area (Å²) in [5, 5.41) is 13.1. The molecule has 0 radical (unpaired) electrons. The molecular formula is C17H26N2O3. The Hall–Kier alpha value is -1.59. The van der Waals surface area contributed by atoms with Gasteiger partial charge in [0, 0.05) is 19.1 Å². The van der Waals surface area contributed by atoms with E-state index in [1.54, 1.807) is 13.8 Å². The molecule has 1 aliphatic heterocycles. The van der Waals surface area contributed by atoms with E-state index in [-0.39, 0.29) is 18.2 Å². The van der Waals surface area contributed by atoms with Crippen molar-refractivity contribution in [3.63, 3.8) is 0 Å². The first-order valence-corrected chi connectivity index (χ1v) is 7.91. The van der Waals surface area contributed by atoms with Crippen LogP contribution in [0.3, 0.4) is 0 Å². The Morgan fingerprint density at radius 1 is 1.32 bits per heavy atom. The first-order chi connectivity index (χ1) is 10.5. The number of carbonyl (C=O) groups is 1. The lowest BCUT2D eigenvalue weighted by Gasteiger charge is -2.39. The van der Waals surface area contributed by atoms with Gasteiger partial charge in [-0.3, -0.25) is 4.90 Å². The minimum absolute atomic E-state index is 0.157. The van der Waals surface area contributed by atoms with Gasteiger partial charge in [-0.05, 0) is 32.8 Å². The van der Waals surface area contributed by atoms with E-state index >= 15 is 0 Å². The lowest BCUT2D eigenvalue weighted by molar-refractivity contribution is 0.0199.